The van der Waals surface area contributed by atoms with Gasteiger partial charge in [-0.15, -0.1) is 11.8 Å². The molecule has 1 aliphatic heterocycles. The molecule has 0 saturated carbocycles. The van der Waals surface area contributed by atoms with Crippen LogP contribution in [0.1, 0.15) is 43.5 Å². The second kappa shape index (κ2) is 13.0. The van der Waals surface area contributed by atoms with Crippen LogP contribution in [0.25, 0.3) is 23.0 Å². The first kappa shape index (κ1) is 31.3. The van der Waals surface area contributed by atoms with Gasteiger partial charge in [0.15, 0.2) is 4.80 Å². The zero-order valence-corrected chi connectivity index (χ0v) is 28.1. The number of allylic oxidation sites excluding steroid dienone is 1. The number of hydrogen-bond donors (Lipinski definition) is 0. The molecule has 0 fully saturated rings. The zero-order valence-electron chi connectivity index (χ0n) is 26.5. The fourth-order valence-electron chi connectivity index (χ4n) is 5.55. The van der Waals surface area contributed by atoms with Crippen molar-refractivity contribution in [1.82, 2.24) is 14.3 Å². The Hall–Kier alpha value is -4.67. The normalized spacial score (nSPS) is 14.8. The first-order valence-corrected chi connectivity index (χ1v) is 16.9. The summed E-state index contributed by atoms with van der Waals surface area (Å²) in [7, 11) is 1.34. The van der Waals surface area contributed by atoms with Gasteiger partial charge in [-0.25, -0.2) is 14.5 Å². The third-order valence-electron chi connectivity index (χ3n) is 7.72. The van der Waals surface area contributed by atoms with Gasteiger partial charge in [0.05, 0.1) is 40.7 Å². The molecule has 1 unspecified atom stereocenters. The molecule has 0 amide bonds. The third kappa shape index (κ3) is 5.98. The molecule has 1 aliphatic rings. The van der Waals surface area contributed by atoms with Crippen LogP contribution in [0.2, 0.25) is 0 Å². The van der Waals surface area contributed by atoms with Crippen LogP contribution in [-0.2, 0) is 9.53 Å². The lowest BCUT2D eigenvalue weighted by molar-refractivity contribution is -0.136. The number of aryl methyl sites for hydroxylation is 1. The van der Waals surface area contributed by atoms with Crippen molar-refractivity contribution in [3.63, 3.8) is 0 Å². The molecule has 5 aromatic rings. The summed E-state index contributed by atoms with van der Waals surface area (Å²) in [4.78, 5) is 33.6. The summed E-state index contributed by atoms with van der Waals surface area (Å²) in [6.07, 6.45) is 5.86. The van der Waals surface area contributed by atoms with Crippen molar-refractivity contribution in [3.05, 3.63) is 127 Å². The largest absolute Gasteiger partial charge is 0.491 e. The maximum absolute atomic E-state index is 14.3. The van der Waals surface area contributed by atoms with Gasteiger partial charge in [-0.3, -0.25) is 9.36 Å². The Balaban J connectivity index is 1.54. The van der Waals surface area contributed by atoms with E-state index in [0.717, 1.165) is 44.3 Å². The standard InChI is InChI=1S/C36H34N4O4S2/c1-21(2)44-29-17-14-25(18-22(29)3)32-26(20-39(38-32)27-10-8-7-9-11-27)19-30-34(41)40-33(24-12-15-28(45-6)16-13-24)31(35(42)43-5)23(4)37-36(40)46-30/h7-21,33H,1-6H3. The number of hydrogen-bond acceptors (Lipinski definition) is 8. The van der Waals surface area contributed by atoms with Gasteiger partial charge in [0.2, 0.25) is 0 Å². The molecule has 10 heteroatoms. The van der Waals surface area contributed by atoms with Crippen LogP contribution in [0.3, 0.4) is 0 Å². The minimum Gasteiger partial charge on any atom is -0.491 e. The highest BCUT2D eigenvalue weighted by Gasteiger charge is 2.33. The van der Waals surface area contributed by atoms with Gasteiger partial charge in [-0.1, -0.05) is 41.7 Å². The Morgan fingerprint density at radius 1 is 1.04 bits per heavy atom. The molecule has 1 atom stereocenters. The molecule has 234 valence electrons. The van der Waals surface area contributed by atoms with Crippen molar-refractivity contribution >= 4 is 35.1 Å². The molecule has 0 bridgehead atoms. The zero-order chi connectivity index (χ0) is 32.5. The van der Waals surface area contributed by atoms with Crippen molar-refractivity contribution in [1.29, 1.82) is 0 Å². The number of methoxy groups -OCH3 is 1. The number of carbonyl (C=O) groups is 1. The van der Waals surface area contributed by atoms with Gasteiger partial charge in [0.1, 0.15) is 11.4 Å². The molecule has 8 nitrogen and oxygen atoms in total. The number of carbonyl (C=O) groups excluding carboxylic acids is 1. The number of ether oxygens (including phenoxy) is 2. The number of thiazole rings is 1. The molecule has 3 aromatic carbocycles. The van der Waals surface area contributed by atoms with Gasteiger partial charge in [-0.2, -0.15) is 5.10 Å². The number of para-hydroxylation sites is 1. The fraction of sp³-hybridized carbons (Fsp3) is 0.222. The summed E-state index contributed by atoms with van der Waals surface area (Å²) in [5, 5.41) is 4.97. The molecule has 0 N–H and O–H groups in total. The molecule has 0 radical (unpaired) electrons. The second-order valence-corrected chi connectivity index (χ2v) is 13.1. The van der Waals surface area contributed by atoms with E-state index in [9.17, 15) is 9.59 Å². The van der Waals surface area contributed by atoms with Crippen molar-refractivity contribution in [2.75, 3.05) is 13.4 Å². The smallest absolute Gasteiger partial charge is 0.338 e. The van der Waals surface area contributed by atoms with Crippen molar-refractivity contribution < 1.29 is 14.3 Å². The van der Waals surface area contributed by atoms with Gasteiger partial charge >= 0.3 is 5.97 Å². The van der Waals surface area contributed by atoms with E-state index in [0.29, 0.717) is 20.6 Å². The van der Waals surface area contributed by atoms with E-state index in [1.807, 2.05) is 111 Å². The van der Waals surface area contributed by atoms with Crippen LogP contribution >= 0.6 is 23.1 Å². The number of fused-ring (bicyclic) bond motifs is 1. The minimum absolute atomic E-state index is 0.0547. The first-order chi connectivity index (χ1) is 22.2. The van der Waals surface area contributed by atoms with E-state index in [2.05, 4.69) is 6.07 Å². The lowest BCUT2D eigenvalue weighted by atomic mass is 9.96. The lowest BCUT2D eigenvalue weighted by Crippen LogP contribution is -2.39. The number of nitrogens with zero attached hydrogens (tertiary/aromatic N) is 4. The predicted octanol–water partition coefficient (Wildman–Crippen LogP) is 6.08. The Morgan fingerprint density at radius 3 is 2.43 bits per heavy atom. The average Bonchev–Trinajstić information content (AvgIpc) is 3.61. The quantitative estimate of drug-likeness (QED) is 0.150. The SMILES string of the molecule is COC(=O)C1=C(C)N=c2sc(=Cc3cn(-c4ccccc4)nc3-c3ccc(OC(C)C)c(C)c3)c(=O)n2C1c1ccc(SC)cc1. The summed E-state index contributed by atoms with van der Waals surface area (Å²) in [5.74, 6) is 0.305. The molecule has 0 saturated heterocycles. The summed E-state index contributed by atoms with van der Waals surface area (Å²) < 4.78 is 15.0. The van der Waals surface area contributed by atoms with Crippen LogP contribution in [0.4, 0.5) is 0 Å². The van der Waals surface area contributed by atoms with Crippen LogP contribution < -0.4 is 19.6 Å². The number of benzene rings is 3. The van der Waals surface area contributed by atoms with E-state index in [1.54, 1.807) is 23.3 Å². The number of esters is 1. The third-order valence-corrected chi connectivity index (χ3v) is 9.45. The van der Waals surface area contributed by atoms with Crippen LogP contribution in [-0.4, -0.2) is 39.8 Å². The van der Waals surface area contributed by atoms with Crippen molar-refractivity contribution in [2.24, 2.45) is 4.99 Å². The molecular formula is C36H34N4O4S2. The monoisotopic (exact) mass is 650 g/mol. The molecular weight excluding hydrogens is 617 g/mol. The van der Waals surface area contributed by atoms with Crippen LogP contribution in [0.15, 0.2) is 105 Å². The average molecular weight is 651 g/mol. The minimum atomic E-state index is -0.676. The number of aromatic nitrogens is 3. The molecule has 0 spiro atoms. The van der Waals surface area contributed by atoms with E-state index in [4.69, 9.17) is 19.6 Å². The van der Waals surface area contributed by atoms with Gasteiger partial charge in [0.25, 0.3) is 5.56 Å². The van der Waals surface area contributed by atoms with E-state index < -0.39 is 12.0 Å². The van der Waals surface area contributed by atoms with Crippen LogP contribution in [0.5, 0.6) is 5.75 Å². The van der Waals surface area contributed by atoms with E-state index >= 15 is 0 Å². The first-order valence-electron chi connectivity index (χ1n) is 14.9. The maximum atomic E-state index is 14.3. The predicted molar refractivity (Wildman–Crippen MR) is 184 cm³/mol. The summed E-state index contributed by atoms with van der Waals surface area (Å²) in [6, 6.07) is 23.1. The molecule has 46 heavy (non-hydrogen) atoms. The highest BCUT2D eigenvalue weighted by molar-refractivity contribution is 7.98. The second-order valence-electron chi connectivity index (χ2n) is 11.2. The highest BCUT2D eigenvalue weighted by Crippen LogP contribution is 2.32. The maximum Gasteiger partial charge on any atom is 0.338 e. The van der Waals surface area contributed by atoms with Gasteiger partial charge in [-0.05, 0) is 93.6 Å². The summed E-state index contributed by atoms with van der Waals surface area (Å²) >= 11 is 2.92. The van der Waals surface area contributed by atoms with E-state index in [-0.39, 0.29) is 11.7 Å². The highest BCUT2D eigenvalue weighted by atomic mass is 32.2. The summed E-state index contributed by atoms with van der Waals surface area (Å²) in [6.45, 7) is 7.80. The Morgan fingerprint density at radius 2 is 1.78 bits per heavy atom. The molecule has 6 rings (SSSR count). The van der Waals surface area contributed by atoms with Gasteiger partial charge < -0.3 is 9.47 Å². The number of thioether (sulfide) groups is 1. The van der Waals surface area contributed by atoms with Crippen LogP contribution in [0, 0.1) is 6.92 Å². The topological polar surface area (TPSA) is 87.7 Å². The molecule has 3 heterocycles. The molecule has 2 aromatic heterocycles. The fourth-order valence-corrected chi connectivity index (χ4v) is 6.99. The Bertz CT molecular complexity index is 2140. The van der Waals surface area contributed by atoms with E-state index in [1.165, 1.54) is 18.4 Å². The Kier molecular flexibility index (Phi) is 8.84. The molecule has 0 aliphatic carbocycles. The summed E-state index contributed by atoms with van der Waals surface area (Å²) in [5.41, 5.74) is 5.71. The number of rotatable bonds is 8. The van der Waals surface area contributed by atoms with Crippen molar-refractivity contribution in [3.8, 4) is 22.7 Å². The Labute approximate surface area is 275 Å². The van der Waals surface area contributed by atoms with Crippen molar-refractivity contribution in [2.45, 2.75) is 44.7 Å². The lowest BCUT2D eigenvalue weighted by Gasteiger charge is -2.24. The van der Waals surface area contributed by atoms with Gasteiger partial charge in [0, 0.05) is 22.2 Å².